The van der Waals surface area contributed by atoms with Gasteiger partial charge >= 0.3 is 0 Å². The van der Waals surface area contributed by atoms with Gasteiger partial charge in [0.05, 0.1) is 5.56 Å². The molecule has 1 saturated heterocycles. The Hall–Kier alpha value is -3.26. The number of nitrogens with one attached hydrogen (secondary N) is 1. The van der Waals surface area contributed by atoms with Crippen LogP contribution >= 0.6 is 11.6 Å². The third-order valence-electron chi connectivity index (χ3n) is 4.40. The van der Waals surface area contributed by atoms with E-state index in [4.69, 9.17) is 11.6 Å². The molecule has 28 heavy (non-hydrogen) atoms. The van der Waals surface area contributed by atoms with Crippen LogP contribution in [0, 0.1) is 0 Å². The zero-order valence-corrected chi connectivity index (χ0v) is 15.8. The Kier molecular flexibility index (Phi) is 5.29. The molecule has 3 heterocycles. The van der Waals surface area contributed by atoms with E-state index in [-0.39, 0.29) is 5.91 Å². The van der Waals surface area contributed by atoms with Gasteiger partial charge in [-0.05, 0) is 30.3 Å². The molecular formula is C19H18ClN7O. The Labute approximate surface area is 167 Å². The molecule has 8 nitrogen and oxygen atoms in total. The summed E-state index contributed by atoms with van der Waals surface area (Å²) in [5, 5.41) is 3.41. The summed E-state index contributed by atoms with van der Waals surface area (Å²) in [5.74, 6) is 1.08. The lowest BCUT2D eigenvalue weighted by Gasteiger charge is -2.34. The van der Waals surface area contributed by atoms with Crippen molar-refractivity contribution >= 4 is 35.1 Å². The summed E-state index contributed by atoms with van der Waals surface area (Å²) in [7, 11) is 0. The van der Waals surface area contributed by atoms with E-state index in [1.165, 1.54) is 0 Å². The first-order chi connectivity index (χ1) is 13.7. The van der Waals surface area contributed by atoms with E-state index < -0.39 is 0 Å². The van der Waals surface area contributed by atoms with E-state index in [1.807, 2.05) is 0 Å². The molecule has 0 aliphatic carbocycles. The van der Waals surface area contributed by atoms with Crippen LogP contribution in [0.3, 0.4) is 0 Å². The van der Waals surface area contributed by atoms with Crippen LogP contribution in [0.15, 0.2) is 55.1 Å². The lowest BCUT2D eigenvalue weighted by atomic mass is 10.2. The second-order valence-corrected chi connectivity index (χ2v) is 6.69. The van der Waals surface area contributed by atoms with Crippen LogP contribution in [0.25, 0.3) is 0 Å². The molecule has 0 bridgehead atoms. The highest BCUT2D eigenvalue weighted by atomic mass is 35.5. The van der Waals surface area contributed by atoms with E-state index in [0.717, 1.165) is 32.1 Å². The summed E-state index contributed by atoms with van der Waals surface area (Å²) in [4.78, 5) is 33.8. The summed E-state index contributed by atoms with van der Waals surface area (Å²) in [5.41, 5.74) is 1.06. The average Bonchev–Trinajstić information content (AvgIpc) is 2.76. The Morgan fingerprint density at radius 3 is 1.96 bits per heavy atom. The van der Waals surface area contributed by atoms with E-state index in [2.05, 4.69) is 35.1 Å². The monoisotopic (exact) mass is 395 g/mol. The van der Waals surface area contributed by atoms with E-state index >= 15 is 0 Å². The maximum absolute atomic E-state index is 12.3. The fraction of sp³-hybridized carbons (Fsp3) is 0.211. The summed E-state index contributed by atoms with van der Waals surface area (Å²) >= 11 is 5.85. The average molecular weight is 396 g/mol. The van der Waals surface area contributed by atoms with Gasteiger partial charge in [0.1, 0.15) is 0 Å². The van der Waals surface area contributed by atoms with Gasteiger partial charge in [-0.2, -0.15) is 0 Å². The highest BCUT2D eigenvalue weighted by molar-refractivity contribution is 6.30. The van der Waals surface area contributed by atoms with Crippen molar-refractivity contribution < 1.29 is 4.79 Å². The number of anilines is 3. The minimum Gasteiger partial charge on any atom is -0.337 e. The van der Waals surface area contributed by atoms with Crippen molar-refractivity contribution in [3.05, 3.63) is 65.7 Å². The van der Waals surface area contributed by atoms with E-state index in [0.29, 0.717) is 22.2 Å². The Morgan fingerprint density at radius 2 is 1.39 bits per heavy atom. The molecule has 0 radical (unpaired) electrons. The molecule has 142 valence electrons. The lowest BCUT2D eigenvalue weighted by molar-refractivity contribution is 0.102. The van der Waals surface area contributed by atoms with Crippen LogP contribution in [0.4, 0.5) is 17.6 Å². The number of rotatable bonds is 4. The van der Waals surface area contributed by atoms with Crippen molar-refractivity contribution in [3.63, 3.8) is 0 Å². The molecular weight excluding hydrogens is 378 g/mol. The van der Waals surface area contributed by atoms with Crippen molar-refractivity contribution in [1.29, 1.82) is 0 Å². The number of hydrogen-bond donors (Lipinski definition) is 1. The van der Waals surface area contributed by atoms with Crippen LogP contribution in [-0.2, 0) is 0 Å². The summed E-state index contributed by atoms with van der Waals surface area (Å²) < 4.78 is 0. The Balaban J connectivity index is 1.36. The predicted molar refractivity (Wildman–Crippen MR) is 108 cm³/mol. The molecule has 1 aliphatic heterocycles. The number of benzene rings is 1. The van der Waals surface area contributed by atoms with Gasteiger partial charge in [0.25, 0.3) is 5.91 Å². The number of carbonyl (C=O) groups excluding carboxylic acids is 1. The first-order valence-corrected chi connectivity index (χ1v) is 9.23. The van der Waals surface area contributed by atoms with Crippen molar-refractivity contribution in [3.8, 4) is 0 Å². The quantitative estimate of drug-likeness (QED) is 0.726. The molecule has 1 aliphatic rings. The molecule has 1 fully saturated rings. The first-order valence-electron chi connectivity index (χ1n) is 8.85. The Bertz CT molecular complexity index is 927. The molecule has 0 spiro atoms. The van der Waals surface area contributed by atoms with Gasteiger partial charge in [0.15, 0.2) is 0 Å². The van der Waals surface area contributed by atoms with Gasteiger partial charge in [-0.15, -0.1) is 0 Å². The standard InChI is InChI=1S/C19H18ClN7O/c20-15-2-4-16(5-3-15)25-17(28)14-12-23-19(24-13-14)27-10-8-26(9-11-27)18-21-6-1-7-22-18/h1-7,12-13H,8-11H2,(H,25,28). The maximum Gasteiger partial charge on any atom is 0.258 e. The predicted octanol–water partition coefficient (Wildman–Crippen LogP) is 2.50. The number of halogens is 1. The van der Waals surface area contributed by atoms with Crippen molar-refractivity contribution in [2.45, 2.75) is 0 Å². The number of piperazine rings is 1. The Morgan fingerprint density at radius 1 is 0.857 bits per heavy atom. The normalized spacial score (nSPS) is 14.0. The molecule has 1 N–H and O–H groups in total. The second-order valence-electron chi connectivity index (χ2n) is 6.26. The third-order valence-corrected chi connectivity index (χ3v) is 4.65. The highest BCUT2D eigenvalue weighted by Crippen LogP contribution is 2.16. The van der Waals surface area contributed by atoms with Crippen molar-refractivity contribution in [1.82, 2.24) is 19.9 Å². The number of hydrogen-bond acceptors (Lipinski definition) is 7. The third kappa shape index (κ3) is 4.17. The van der Waals surface area contributed by atoms with Crippen LogP contribution in [0.1, 0.15) is 10.4 Å². The topological polar surface area (TPSA) is 87.1 Å². The molecule has 1 amide bonds. The second kappa shape index (κ2) is 8.18. The van der Waals surface area contributed by atoms with Gasteiger partial charge < -0.3 is 15.1 Å². The van der Waals surface area contributed by atoms with Gasteiger partial charge in [0.2, 0.25) is 11.9 Å². The smallest absolute Gasteiger partial charge is 0.258 e. The zero-order chi connectivity index (χ0) is 19.3. The molecule has 2 aromatic heterocycles. The van der Waals surface area contributed by atoms with Crippen LogP contribution < -0.4 is 15.1 Å². The van der Waals surface area contributed by atoms with Gasteiger partial charge in [-0.25, -0.2) is 19.9 Å². The van der Waals surface area contributed by atoms with E-state index in [1.54, 1.807) is 55.1 Å². The maximum atomic E-state index is 12.3. The molecule has 0 saturated carbocycles. The van der Waals surface area contributed by atoms with Crippen LogP contribution in [0.5, 0.6) is 0 Å². The van der Waals surface area contributed by atoms with Gasteiger partial charge in [0, 0.05) is 61.7 Å². The molecule has 9 heteroatoms. The minimum absolute atomic E-state index is 0.264. The van der Waals surface area contributed by atoms with Gasteiger partial charge in [-0.3, -0.25) is 4.79 Å². The molecule has 1 aromatic carbocycles. The fourth-order valence-corrected chi connectivity index (χ4v) is 3.03. The highest BCUT2D eigenvalue weighted by Gasteiger charge is 2.20. The number of nitrogens with zero attached hydrogens (tertiary/aromatic N) is 6. The first kappa shape index (κ1) is 18.1. The fourth-order valence-electron chi connectivity index (χ4n) is 2.90. The summed E-state index contributed by atoms with van der Waals surface area (Å²) in [6, 6.07) is 8.73. The number of amides is 1. The van der Waals surface area contributed by atoms with Crippen molar-refractivity contribution in [2.24, 2.45) is 0 Å². The van der Waals surface area contributed by atoms with Crippen LogP contribution in [-0.4, -0.2) is 52.0 Å². The zero-order valence-electron chi connectivity index (χ0n) is 15.0. The molecule has 0 atom stereocenters. The van der Waals surface area contributed by atoms with Crippen molar-refractivity contribution in [2.75, 3.05) is 41.3 Å². The molecule has 3 aromatic rings. The summed E-state index contributed by atoms with van der Waals surface area (Å²) in [6.45, 7) is 3.08. The molecule has 0 unspecified atom stereocenters. The minimum atomic E-state index is -0.264. The van der Waals surface area contributed by atoms with Crippen LogP contribution in [0.2, 0.25) is 5.02 Å². The summed E-state index contributed by atoms with van der Waals surface area (Å²) in [6.07, 6.45) is 6.57. The lowest BCUT2D eigenvalue weighted by Crippen LogP contribution is -2.47. The largest absolute Gasteiger partial charge is 0.337 e. The number of carbonyl (C=O) groups is 1. The molecule has 4 rings (SSSR count). The number of aromatic nitrogens is 4. The SMILES string of the molecule is O=C(Nc1ccc(Cl)cc1)c1cnc(N2CCN(c3ncccn3)CC2)nc1. The van der Waals surface area contributed by atoms with Gasteiger partial charge in [-0.1, -0.05) is 11.6 Å². The van der Waals surface area contributed by atoms with E-state index in [9.17, 15) is 4.79 Å².